The first-order valence-electron chi connectivity index (χ1n) is 6.24. The molecule has 0 aliphatic heterocycles. The monoisotopic (exact) mass is 254 g/mol. The highest BCUT2D eigenvalue weighted by molar-refractivity contribution is 5.96. The van der Waals surface area contributed by atoms with Crippen molar-refractivity contribution in [3.63, 3.8) is 0 Å². The average molecular weight is 254 g/mol. The van der Waals surface area contributed by atoms with Crippen LogP contribution in [0.1, 0.15) is 21.5 Å². The largest absolute Gasteiger partial charge is 0.505 e. The van der Waals surface area contributed by atoms with Crippen LogP contribution in [-0.4, -0.2) is 22.0 Å². The van der Waals surface area contributed by atoms with Crippen LogP contribution in [0.2, 0.25) is 0 Å². The summed E-state index contributed by atoms with van der Waals surface area (Å²) in [5.41, 5.74) is 2.84. The van der Waals surface area contributed by atoms with Crippen molar-refractivity contribution in [1.82, 2.24) is 10.3 Å². The van der Waals surface area contributed by atoms with Gasteiger partial charge in [-0.3, -0.25) is 9.78 Å². The summed E-state index contributed by atoms with van der Waals surface area (Å²) in [4.78, 5) is 15.8. The fraction of sp³-hybridized carbons (Fsp3) is 0.200. The number of aromatic nitrogens is 1. The van der Waals surface area contributed by atoms with Gasteiger partial charge in [0.1, 0.15) is 5.75 Å². The molecule has 1 aromatic heterocycles. The molecular formula is C15H14N2O2. The minimum atomic E-state index is -0.252. The Labute approximate surface area is 111 Å². The average Bonchev–Trinajstić information content (AvgIpc) is 2.81. The second kappa shape index (κ2) is 4.72. The van der Waals surface area contributed by atoms with Crippen LogP contribution in [0.25, 0.3) is 0 Å². The van der Waals surface area contributed by atoms with Crippen molar-refractivity contribution in [3.05, 3.63) is 59.4 Å². The fourth-order valence-electron chi connectivity index (χ4n) is 2.50. The highest BCUT2D eigenvalue weighted by atomic mass is 16.3. The molecule has 0 bridgehead atoms. The van der Waals surface area contributed by atoms with Gasteiger partial charge in [-0.05, 0) is 30.0 Å². The van der Waals surface area contributed by atoms with Gasteiger partial charge in [-0.2, -0.15) is 0 Å². The van der Waals surface area contributed by atoms with Crippen molar-refractivity contribution in [2.75, 3.05) is 0 Å². The van der Waals surface area contributed by atoms with Crippen LogP contribution in [0.3, 0.4) is 0 Å². The van der Waals surface area contributed by atoms with Crippen LogP contribution in [-0.2, 0) is 12.8 Å². The standard InChI is InChI=1S/C15H14N2O2/c18-14-9-16-6-5-13(14)15(19)17-12-7-10-3-1-2-4-11(10)8-12/h1-6,9,12,18H,7-8H2,(H,17,19). The number of fused-ring (bicyclic) bond motifs is 1. The van der Waals surface area contributed by atoms with Gasteiger partial charge in [-0.25, -0.2) is 0 Å². The molecule has 2 N–H and O–H groups in total. The summed E-state index contributed by atoms with van der Waals surface area (Å²) < 4.78 is 0. The van der Waals surface area contributed by atoms with E-state index in [4.69, 9.17) is 0 Å². The van der Waals surface area contributed by atoms with Gasteiger partial charge in [-0.15, -0.1) is 0 Å². The minimum absolute atomic E-state index is 0.0875. The Morgan fingerprint density at radius 1 is 1.21 bits per heavy atom. The summed E-state index contributed by atoms with van der Waals surface area (Å²) in [6, 6.07) is 9.82. The third-order valence-corrected chi connectivity index (χ3v) is 3.43. The number of aromatic hydroxyl groups is 1. The second-order valence-electron chi connectivity index (χ2n) is 4.74. The molecule has 0 fully saturated rings. The summed E-state index contributed by atoms with van der Waals surface area (Å²) in [5.74, 6) is -0.340. The number of pyridine rings is 1. The van der Waals surface area contributed by atoms with Gasteiger partial charge < -0.3 is 10.4 Å². The van der Waals surface area contributed by atoms with Crippen molar-refractivity contribution in [3.8, 4) is 5.75 Å². The van der Waals surface area contributed by atoms with Gasteiger partial charge in [0.05, 0.1) is 11.8 Å². The number of amides is 1. The maximum atomic E-state index is 12.1. The lowest BCUT2D eigenvalue weighted by Gasteiger charge is -2.12. The minimum Gasteiger partial charge on any atom is -0.505 e. The van der Waals surface area contributed by atoms with Crippen LogP contribution in [0.5, 0.6) is 5.75 Å². The second-order valence-corrected chi connectivity index (χ2v) is 4.74. The number of carbonyl (C=O) groups is 1. The Bertz CT molecular complexity index is 600. The molecule has 96 valence electrons. The third-order valence-electron chi connectivity index (χ3n) is 3.43. The molecular weight excluding hydrogens is 240 g/mol. The normalized spacial score (nSPS) is 14.1. The highest BCUT2D eigenvalue weighted by Gasteiger charge is 2.23. The Morgan fingerprint density at radius 3 is 2.53 bits per heavy atom. The summed E-state index contributed by atoms with van der Waals surface area (Å²) in [6.07, 6.45) is 4.46. The van der Waals surface area contributed by atoms with Gasteiger partial charge in [0.25, 0.3) is 5.91 Å². The van der Waals surface area contributed by atoms with Crippen LogP contribution in [0.15, 0.2) is 42.7 Å². The molecule has 3 rings (SSSR count). The van der Waals surface area contributed by atoms with E-state index < -0.39 is 0 Å². The Balaban J connectivity index is 1.71. The maximum Gasteiger partial charge on any atom is 0.255 e. The topological polar surface area (TPSA) is 62.2 Å². The zero-order valence-electron chi connectivity index (χ0n) is 10.3. The van der Waals surface area contributed by atoms with Crippen molar-refractivity contribution >= 4 is 5.91 Å². The first kappa shape index (κ1) is 11.7. The van der Waals surface area contributed by atoms with E-state index in [0.29, 0.717) is 0 Å². The maximum absolute atomic E-state index is 12.1. The number of benzene rings is 1. The van der Waals surface area contributed by atoms with E-state index in [1.54, 1.807) is 0 Å². The lowest BCUT2D eigenvalue weighted by Crippen LogP contribution is -2.35. The molecule has 1 aliphatic carbocycles. The fourth-order valence-corrected chi connectivity index (χ4v) is 2.50. The van der Waals surface area contributed by atoms with Gasteiger partial charge in [0.2, 0.25) is 0 Å². The third kappa shape index (κ3) is 2.29. The number of rotatable bonds is 2. The van der Waals surface area contributed by atoms with Crippen molar-refractivity contribution < 1.29 is 9.90 Å². The Morgan fingerprint density at radius 2 is 1.89 bits per heavy atom. The predicted molar refractivity (Wildman–Crippen MR) is 71.0 cm³/mol. The molecule has 1 heterocycles. The van der Waals surface area contributed by atoms with Gasteiger partial charge in [-0.1, -0.05) is 24.3 Å². The Kier molecular flexibility index (Phi) is 2.91. The van der Waals surface area contributed by atoms with Crippen molar-refractivity contribution in [1.29, 1.82) is 0 Å². The Hall–Kier alpha value is -2.36. The molecule has 1 aliphatic rings. The number of nitrogens with one attached hydrogen (secondary N) is 1. The highest BCUT2D eigenvalue weighted by Crippen LogP contribution is 2.22. The van der Waals surface area contributed by atoms with Crippen LogP contribution in [0, 0.1) is 0 Å². The van der Waals surface area contributed by atoms with Crippen LogP contribution >= 0.6 is 0 Å². The smallest absolute Gasteiger partial charge is 0.255 e. The molecule has 1 amide bonds. The SMILES string of the molecule is O=C(NC1Cc2ccccc2C1)c1ccncc1O. The van der Waals surface area contributed by atoms with E-state index in [2.05, 4.69) is 22.4 Å². The number of hydrogen-bond acceptors (Lipinski definition) is 3. The molecule has 19 heavy (non-hydrogen) atoms. The van der Waals surface area contributed by atoms with E-state index in [-0.39, 0.29) is 23.3 Å². The first-order valence-corrected chi connectivity index (χ1v) is 6.24. The summed E-state index contributed by atoms with van der Waals surface area (Å²) >= 11 is 0. The number of carbonyl (C=O) groups excluding carboxylic acids is 1. The van der Waals surface area contributed by atoms with Gasteiger partial charge in [0, 0.05) is 12.2 Å². The molecule has 0 spiro atoms. The zero-order chi connectivity index (χ0) is 13.2. The summed E-state index contributed by atoms with van der Waals surface area (Å²) in [5, 5.41) is 12.6. The van der Waals surface area contributed by atoms with E-state index in [9.17, 15) is 9.90 Å². The van der Waals surface area contributed by atoms with E-state index in [1.165, 1.54) is 29.6 Å². The zero-order valence-corrected chi connectivity index (χ0v) is 10.3. The van der Waals surface area contributed by atoms with Crippen molar-refractivity contribution in [2.24, 2.45) is 0 Å². The number of hydrogen-bond donors (Lipinski definition) is 2. The first-order chi connectivity index (χ1) is 9.24. The molecule has 4 heteroatoms. The van der Waals surface area contributed by atoms with Crippen LogP contribution in [0.4, 0.5) is 0 Å². The summed E-state index contributed by atoms with van der Waals surface area (Å²) in [6.45, 7) is 0. The molecule has 1 aromatic carbocycles. The summed E-state index contributed by atoms with van der Waals surface area (Å²) in [7, 11) is 0. The van der Waals surface area contributed by atoms with Gasteiger partial charge in [0.15, 0.2) is 0 Å². The van der Waals surface area contributed by atoms with E-state index >= 15 is 0 Å². The molecule has 4 nitrogen and oxygen atoms in total. The van der Waals surface area contributed by atoms with E-state index in [0.717, 1.165) is 12.8 Å². The number of nitrogens with zero attached hydrogens (tertiary/aromatic N) is 1. The molecule has 0 unspecified atom stereocenters. The van der Waals surface area contributed by atoms with Crippen molar-refractivity contribution in [2.45, 2.75) is 18.9 Å². The lowest BCUT2D eigenvalue weighted by atomic mass is 10.1. The molecule has 2 aromatic rings. The predicted octanol–water partition coefficient (Wildman–Crippen LogP) is 1.68. The molecule has 0 saturated heterocycles. The molecule has 0 saturated carbocycles. The quantitative estimate of drug-likeness (QED) is 0.857. The molecule has 0 radical (unpaired) electrons. The lowest BCUT2D eigenvalue weighted by molar-refractivity contribution is 0.0936. The van der Waals surface area contributed by atoms with Gasteiger partial charge >= 0.3 is 0 Å². The van der Waals surface area contributed by atoms with Crippen LogP contribution < -0.4 is 5.32 Å². The van der Waals surface area contributed by atoms with E-state index in [1.807, 2.05) is 12.1 Å². The molecule has 0 atom stereocenters.